The molecule has 1 amide bonds. The lowest BCUT2D eigenvalue weighted by Gasteiger charge is -2.50. The van der Waals surface area contributed by atoms with Gasteiger partial charge in [-0.3, -0.25) is 24.2 Å². The number of likely N-dealkylation sites (N-methyl/N-ethyl adjacent to an activating group) is 1. The molecule has 1 aromatic rings. The summed E-state index contributed by atoms with van der Waals surface area (Å²) < 4.78 is 0. The van der Waals surface area contributed by atoms with Gasteiger partial charge in [-0.1, -0.05) is 24.6 Å². The number of phenols is 1. The number of nitrogens with zero attached hydrogens (tertiary/aromatic N) is 2. The predicted molar refractivity (Wildman–Crippen MR) is 144 cm³/mol. The van der Waals surface area contributed by atoms with Crippen molar-refractivity contribution in [3.8, 4) is 5.75 Å². The van der Waals surface area contributed by atoms with Crippen molar-refractivity contribution in [1.82, 2.24) is 9.80 Å². The molecule has 5 rings (SSSR count). The van der Waals surface area contributed by atoms with E-state index in [1.54, 1.807) is 20.2 Å². The summed E-state index contributed by atoms with van der Waals surface area (Å²) in [6, 6.07) is 2.11. The molecular weight excluding hydrogens is 502 g/mol. The van der Waals surface area contributed by atoms with Crippen molar-refractivity contribution in [2.45, 2.75) is 43.7 Å². The molecule has 2 fully saturated rings. The van der Waals surface area contributed by atoms with Crippen LogP contribution in [0.15, 0.2) is 35.1 Å². The quantitative estimate of drug-likeness (QED) is 0.350. The first-order chi connectivity index (χ1) is 18.5. The van der Waals surface area contributed by atoms with Crippen molar-refractivity contribution >= 4 is 29.3 Å². The van der Waals surface area contributed by atoms with Crippen molar-refractivity contribution in [2.24, 2.45) is 17.6 Å². The lowest BCUT2D eigenvalue weighted by atomic mass is 9.57. The van der Waals surface area contributed by atoms with Crippen LogP contribution in [-0.4, -0.2) is 93.1 Å². The number of aliphatic hydroxyl groups is 3. The summed E-state index contributed by atoms with van der Waals surface area (Å²) in [5.41, 5.74) is 3.32. The number of benzene rings is 1. The van der Waals surface area contributed by atoms with Crippen LogP contribution < -0.4 is 5.73 Å². The molecule has 3 aliphatic carbocycles. The zero-order valence-electron chi connectivity index (χ0n) is 22.2. The SMILES string of the molecule is CN(C)[C@@H]1C(=O)C(C(N)=O)=C(O)[C@@]2(O)C(=O)C3=C(O)c4c(O)ccc(/C=C/CN5CCCCC5)c4C[C@H]3C[C@@H]12. The lowest BCUT2D eigenvalue weighted by Crippen LogP contribution is -2.65. The van der Waals surface area contributed by atoms with Gasteiger partial charge in [-0.15, -0.1) is 0 Å². The Hall–Kier alpha value is -3.47. The first kappa shape index (κ1) is 27.1. The minimum atomic E-state index is -2.63. The topological polar surface area (TPSA) is 165 Å². The minimum Gasteiger partial charge on any atom is -0.508 e. The van der Waals surface area contributed by atoms with E-state index in [4.69, 9.17) is 5.73 Å². The predicted octanol–water partition coefficient (Wildman–Crippen LogP) is 1.46. The molecule has 4 aliphatic rings. The number of aliphatic hydroxyl groups excluding tert-OH is 2. The van der Waals surface area contributed by atoms with Gasteiger partial charge in [0.2, 0.25) is 5.78 Å². The molecule has 208 valence electrons. The Balaban J connectivity index is 1.59. The van der Waals surface area contributed by atoms with Crippen molar-refractivity contribution in [2.75, 3.05) is 33.7 Å². The Labute approximate surface area is 226 Å². The molecule has 0 aromatic heterocycles. The van der Waals surface area contributed by atoms with Crippen LogP contribution in [0.4, 0.5) is 0 Å². The molecule has 1 saturated heterocycles. The van der Waals surface area contributed by atoms with Crippen LogP contribution in [-0.2, 0) is 20.8 Å². The third-order valence-electron chi connectivity index (χ3n) is 8.75. The molecule has 4 atom stereocenters. The van der Waals surface area contributed by atoms with Crippen molar-refractivity contribution < 1.29 is 34.8 Å². The fraction of sp³-hybridized carbons (Fsp3) is 0.483. The van der Waals surface area contributed by atoms with Gasteiger partial charge in [0.15, 0.2) is 11.4 Å². The third kappa shape index (κ3) is 4.18. The normalized spacial score (nSPS) is 29.6. The highest BCUT2D eigenvalue weighted by molar-refractivity contribution is 6.24. The molecule has 0 unspecified atom stereocenters. The van der Waals surface area contributed by atoms with Gasteiger partial charge in [-0.05, 0) is 76.0 Å². The van der Waals surface area contributed by atoms with Gasteiger partial charge in [0.05, 0.1) is 11.6 Å². The van der Waals surface area contributed by atoms with E-state index in [1.165, 1.54) is 30.2 Å². The molecule has 39 heavy (non-hydrogen) atoms. The molecular formula is C29H35N3O7. The van der Waals surface area contributed by atoms with E-state index >= 15 is 0 Å². The van der Waals surface area contributed by atoms with Crippen LogP contribution in [0.3, 0.4) is 0 Å². The number of hydrogen-bond donors (Lipinski definition) is 5. The highest BCUT2D eigenvalue weighted by Gasteiger charge is 2.64. The summed E-state index contributed by atoms with van der Waals surface area (Å²) in [5, 5.41) is 44.6. The number of hydrogen-bond acceptors (Lipinski definition) is 9. The first-order valence-electron chi connectivity index (χ1n) is 13.4. The van der Waals surface area contributed by atoms with Gasteiger partial charge in [-0.2, -0.15) is 0 Å². The summed E-state index contributed by atoms with van der Waals surface area (Å²) in [4.78, 5) is 43.0. The molecule has 0 radical (unpaired) electrons. The molecule has 6 N–H and O–H groups in total. The summed E-state index contributed by atoms with van der Waals surface area (Å²) in [6.45, 7) is 2.87. The van der Waals surface area contributed by atoms with Gasteiger partial charge in [0, 0.05) is 18.0 Å². The summed E-state index contributed by atoms with van der Waals surface area (Å²) >= 11 is 0. The molecule has 0 bridgehead atoms. The van der Waals surface area contributed by atoms with E-state index in [9.17, 15) is 34.8 Å². The average molecular weight is 538 g/mol. The molecule has 1 saturated carbocycles. The van der Waals surface area contributed by atoms with Gasteiger partial charge < -0.3 is 26.2 Å². The summed E-state index contributed by atoms with van der Waals surface area (Å²) in [7, 11) is 3.16. The van der Waals surface area contributed by atoms with Gasteiger partial charge in [0.1, 0.15) is 22.8 Å². The number of carbonyl (C=O) groups excluding carboxylic acids is 3. The van der Waals surface area contributed by atoms with E-state index in [0.717, 1.165) is 25.2 Å². The Bertz CT molecular complexity index is 1340. The molecule has 10 nitrogen and oxygen atoms in total. The number of ketones is 2. The second kappa shape index (κ2) is 9.93. The zero-order valence-corrected chi connectivity index (χ0v) is 22.2. The van der Waals surface area contributed by atoms with Crippen molar-refractivity contribution in [1.29, 1.82) is 0 Å². The Morgan fingerprint density at radius 2 is 1.85 bits per heavy atom. The van der Waals surface area contributed by atoms with Gasteiger partial charge >= 0.3 is 0 Å². The van der Waals surface area contributed by atoms with E-state index < -0.39 is 58.0 Å². The number of fused-ring (bicyclic) bond motifs is 3. The maximum absolute atomic E-state index is 13.9. The van der Waals surface area contributed by atoms with Crippen LogP contribution in [0.5, 0.6) is 5.75 Å². The molecule has 1 aliphatic heterocycles. The number of nitrogens with two attached hydrogens (primary N) is 1. The van der Waals surface area contributed by atoms with Gasteiger partial charge in [-0.25, -0.2) is 0 Å². The van der Waals surface area contributed by atoms with Gasteiger partial charge in [0.25, 0.3) is 5.91 Å². The minimum absolute atomic E-state index is 0.0678. The summed E-state index contributed by atoms with van der Waals surface area (Å²) in [6.07, 6.45) is 7.93. The number of likely N-dealkylation sites (tertiary alicyclic amines) is 1. The van der Waals surface area contributed by atoms with E-state index in [0.29, 0.717) is 5.56 Å². The second-order valence-electron chi connectivity index (χ2n) is 11.3. The van der Waals surface area contributed by atoms with E-state index in [-0.39, 0.29) is 29.7 Å². The third-order valence-corrected chi connectivity index (χ3v) is 8.75. The van der Waals surface area contributed by atoms with Crippen LogP contribution in [0.2, 0.25) is 0 Å². The number of aromatic hydroxyl groups is 1. The smallest absolute Gasteiger partial charge is 0.255 e. The highest BCUT2D eigenvalue weighted by atomic mass is 16.3. The largest absolute Gasteiger partial charge is 0.508 e. The Morgan fingerprint density at radius 3 is 2.49 bits per heavy atom. The highest BCUT2D eigenvalue weighted by Crippen LogP contribution is 2.53. The Kier molecular flexibility index (Phi) is 6.90. The van der Waals surface area contributed by atoms with Crippen LogP contribution >= 0.6 is 0 Å². The molecule has 10 heteroatoms. The second-order valence-corrected chi connectivity index (χ2v) is 11.3. The molecule has 1 aromatic carbocycles. The van der Waals surface area contributed by atoms with Crippen LogP contribution in [0.25, 0.3) is 11.8 Å². The Morgan fingerprint density at radius 1 is 1.15 bits per heavy atom. The molecule has 0 spiro atoms. The summed E-state index contributed by atoms with van der Waals surface area (Å²) in [5.74, 6) is -6.49. The number of piperidine rings is 1. The number of carbonyl (C=O) groups is 3. The number of Topliss-reactive ketones (excluding diaryl/α,β-unsaturated/α-hetero) is 2. The number of rotatable bonds is 5. The number of amides is 1. The van der Waals surface area contributed by atoms with Crippen LogP contribution in [0, 0.1) is 11.8 Å². The fourth-order valence-electron chi connectivity index (χ4n) is 6.89. The maximum atomic E-state index is 13.9. The number of primary amides is 1. The number of phenolic OH excluding ortho intramolecular Hbond substituents is 1. The average Bonchev–Trinajstić information content (AvgIpc) is 2.87. The zero-order chi connectivity index (χ0) is 28.2. The molecule has 1 heterocycles. The maximum Gasteiger partial charge on any atom is 0.255 e. The monoisotopic (exact) mass is 537 g/mol. The van der Waals surface area contributed by atoms with E-state index in [2.05, 4.69) is 11.0 Å². The standard InChI is InChI=1S/C29H35N3O7/c1-31(2)23-18-14-16-13-17-15(7-6-12-32-10-4-3-5-11-32)8-9-19(33)21(17)24(34)20(16)26(36)29(18,39)27(37)22(25(23)35)28(30)38/h6-9,16,18,23,33-34,37,39H,3-5,10-14H2,1-2H3,(H2,30,38)/b7-6+/t16-,18-,23-,29-/m0/s1. The van der Waals surface area contributed by atoms with E-state index in [1.807, 2.05) is 6.08 Å². The van der Waals surface area contributed by atoms with Crippen molar-refractivity contribution in [3.05, 3.63) is 51.8 Å². The van der Waals surface area contributed by atoms with Crippen molar-refractivity contribution in [3.63, 3.8) is 0 Å². The first-order valence-corrected chi connectivity index (χ1v) is 13.4. The fourth-order valence-corrected chi connectivity index (χ4v) is 6.89. The lowest BCUT2D eigenvalue weighted by molar-refractivity contribution is -0.153. The van der Waals surface area contributed by atoms with Crippen LogP contribution in [0.1, 0.15) is 42.4 Å².